The van der Waals surface area contributed by atoms with Crippen LogP contribution >= 0.6 is 11.8 Å². The Kier molecular flexibility index (Phi) is 9.62. The second kappa shape index (κ2) is 12.4. The summed E-state index contributed by atoms with van der Waals surface area (Å²) in [6, 6.07) is 12.2. The van der Waals surface area contributed by atoms with E-state index in [4.69, 9.17) is 9.47 Å². The SMILES string of the molecule is COc1ccc(C=C(NC(=O)c2ccc(OC)cc2)C(=O)NC(CCSC)C(=O)O)cc1. The van der Waals surface area contributed by atoms with E-state index in [1.165, 1.54) is 24.9 Å². The first-order chi connectivity index (χ1) is 15.4. The zero-order valence-corrected chi connectivity index (χ0v) is 18.9. The predicted octanol–water partition coefficient (Wildman–Crippen LogP) is 2.80. The summed E-state index contributed by atoms with van der Waals surface area (Å²) < 4.78 is 10.2. The molecule has 32 heavy (non-hydrogen) atoms. The minimum Gasteiger partial charge on any atom is -0.497 e. The summed E-state index contributed by atoms with van der Waals surface area (Å²) in [4.78, 5) is 37.2. The number of amides is 2. The minimum atomic E-state index is -1.14. The van der Waals surface area contributed by atoms with Gasteiger partial charge in [0.1, 0.15) is 23.2 Å². The van der Waals surface area contributed by atoms with Crippen LogP contribution in [0.2, 0.25) is 0 Å². The standard InChI is InChI=1S/C23H26N2O6S/c1-30-17-8-4-15(5-9-17)14-20(22(27)24-19(23(28)29)12-13-32-3)25-21(26)16-6-10-18(31-2)11-7-16/h4-11,14,19H,12-13H2,1-3H3,(H,24,27)(H,25,26)(H,28,29). The van der Waals surface area contributed by atoms with Crippen molar-refractivity contribution < 1.29 is 29.0 Å². The molecule has 170 valence electrons. The minimum absolute atomic E-state index is 0.0774. The molecule has 9 heteroatoms. The first-order valence-corrected chi connectivity index (χ1v) is 11.1. The average molecular weight is 459 g/mol. The van der Waals surface area contributed by atoms with Crippen molar-refractivity contribution in [1.82, 2.24) is 10.6 Å². The third kappa shape index (κ3) is 7.35. The van der Waals surface area contributed by atoms with Gasteiger partial charge in [0.25, 0.3) is 11.8 Å². The Morgan fingerprint density at radius 1 is 1.00 bits per heavy atom. The van der Waals surface area contributed by atoms with Gasteiger partial charge in [0.05, 0.1) is 14.2 Å². The molecule has 2 aromatic rings. The summed E-state index contributed by atoms with van der Waals surface area (Å²) in [5, 5.41) is 14.5. The molecule has 0 heterocycles. The van der Waals surface area contributed by atoms with Crippen LogP contribution in [0.4, 0.5) is 0 Å². The molecule has 0 aliphatic heterocycles. The van der Waals surface area contributed by atoms with Gasteiger partial charge in [-0.3, -0.25) is 9.59 Å². The van der Waals surface area contributed by atoms with E-state index in [2.05, 4.69) is 10.6 Å². The highest BCUT2D eigenvalue weighted by Gasteiger charge is 2.23. The number of hydrogen-bond donors (Lipinski definition) is 3. The van der Waals surface area contributed by atoms with Gasteiger partial charge in [-0.1, -0.05) is 12.1 Å². The lowest BCUT2D eigenvalue weighted by molar-refractivity contribution is -0.141. The lowest BCUT2D eigenvalue weighted by atomic mass is 10.1. The maximum absolute atomic E-state index is 12.9. The molecule has 1 atom stereocenters. The highest BCUT2D eigenvalue weighted by Crippen LogP contribution is 2.15. The molecule has 0 radical (unpaired) electrons. The van der Waals surface area contributed by atoms with Crippen LogP contribution in [0.15, 0.2) is 54.2 Å². The molecule has 0 saturated heterocycles. The zero-order chi connectivity index (χ0) is 23.5. The van der Waals surface area contributed by atoms with Crippen LogP contribution in [0.5, 0.6) is 11.5 Å². The second-order valence-electron chi connectivity index (χ2n) is 6.66. The second-order valence-corrected chi connectivity index (χ2v) is 7.65. The molecule has 3 N–H and O–H groups in total. The first kappa shape index (κ1) is 24.8. The molecule has 1 unspecified atom stereocenters. The van der Waals surface area contributed by atoms with Crippen LogP contribution in [0.1, 0.15) is 22.3 Å². The van der Waals surface area contributed by atoms with E-state index in [9.17, 15) is 19.5 Å². The maximum atomic E-state index is 12.9. The number of carbonyl (C=O) groups is 3. The van der Waals surface area contributed by atoms with Crippen LogP contribution in [0.25, 0.3) is 6.08 Å². The van der Waals surface area contributed by atoms with Gasteiger partial charge < -0.3 is 25.2 Å². The number of carboxylic acid groups (broad SMARTS) is 1. The number of aliphatic carboxylic acids is 1. The number of carboxylic acids is 1. The maximum Gasteiger partial charge on any atom is 0.326 e. The molecule has 0 aromatic heterocycles. The van der Waals surface area contributed by atoms with Crippen LogP contribution in [0.3, 0.4) is 0 Å². The Labute approximate surface area is 191 Å². The molecule has 2 aromatic carbocycles. The number of ether oxygens (including phenoxy) is 2. The number of carbonyl (C=O) groups excluding carboxylic acids is 2. The van der Waals surface area contributed by atoms with Gasteiger partial charge in [-0.15, -0.1) is 0 Å². The molecule has 0 aliphatic carbocycles. The number of methoxy groups -OCH3 is 2. The number of hydrogen-bond acceptors (Lipinski definition) is 6. The monoisotopic (exact) mass is 458 g/mol. The molecular formula is C23H26N2O6S. The van der Waals surface area contributed by atoms with Gasteiger partial charge >= 0.3 is 5.97 Å². The Bertz CT molecular complexity index is 957. The first-order valence-electron chi connectivity index (χ1n) is 9.71. The largest absolute Gasteiger partial charge is 0.497 e. The van der Waals surface area contributed by atoms with Gasteiger partial charge in [-0.05, 0) is 66.5 Å². The fourth-order valence-electron chi connectivity index (χ4n) is 2.69. The van der Waals surface area contributed by atoms with E-state index in [1.54, 1.807) is 55.6 Å². The van der Waals surface area contributed by atoms with Gasteiger partial charge in [0.15, 0.2) is 0 Å². The Morgan fingerprint density at radius 2 is 1.56 bits per heavy atom. The van der Waals surface area contributed by atoms with Crippen molar-refractivity contribution in [1.29, 1.82) is 0 Å². The van der Waals surface area contributed by atoms with Crippen molar-refractivity contribution in [3.63, 3.8) is 0 Å². The molecular weight excluding hydrogens is 432 g/mol. The van der Waals surface area contributed by atoms with Crippen LogP contribution in [0, 0.1) is 0 Å². The third-order valence-electron chi connectivity index (χ3n) is 4.49. The Balaban J connectivity index is 2.29. The summed E-state index contributed by atoms with van der Waals surface area (Å²) in [6.07, 6.45) is 3.58. The van der Waals surface area contributed by atoms with E-state index in [-0.39, 0.29) is 12.1 Å². The lowest BCUT2D eigenvalue weighted by Gasteiger charge is -2.16. The van der Waals surface area contributed by atoms with Crippen molar-refractivity contribution in [2.75, 3.05) is 26.2 Å². The number of thioether (sulfide) groups is 1. The summed E-state index contributed by atoms with van der Waals surface area (Å²) in [6.45, 7) is 0. The van der Waals surface area contributed by atoms with Gasteiger partial charge in [-0.2, -0.15) is 11.8 Å². The zero-order valence-electron chi connectivity index (χ0n) is 18.1. The van der Waals surface area contributed by atoms with Crippen molar-refractivity contribution in [3.05, 3.63) is 65.4 Å². The fourth-order valence-corrected chi connectivity index (χ4v) is 3.16. The Hall–Kier alpha value is -3.46. The van der Waals surface area contributed by atoms with Crippen molar-refractivity contribution in [2.24, 2.45) is 0 Å². The highest BCUT2D eigenvalue weighted by molar-refractivity contribution is 7.98. The van der Waals surface area contributed by atoms with E-state index >= 15 is 0 Å². The lowest BCUT2D eigenvalue weighted by Crippen LogP contribution is -2.44. The summed E-state index contributed by atoms with van der Waals surface area (Å²) in [5.74, 6) is -0.565. The molecule has 0 fully saturated rings. The van der Waals surface area contributed by atoms with Gasteiger partial charge in [-0.25, -0.2) is 4.79 Å². The van der Waals surface area contributed by atoms with Crippen LogP contribution in [-0.2, 0) is 9.59 Å². The topological polar surface area (TPSA) is 114 Å². The molecule has 0 spiro atoms. The molecule has 8 nitrogen and oxygen atoms in total. The van der Waals surface area contributed by atoms with Crippen LogP contribution in [-0.4, -0.2) is 55.2 Å². The predicted molar refractivity (Wildman–Crippen MR) is 124 cm³/mol. The normalized spacial score (nSPS) is 11.9. The number of benzene rings is 2. The highest BCUT2D eigenvalue weighted by atomic mass is 32.2. The van der Waals surface area contributed by atoms with Gasteiger partial charge in [0, 0.05) is 5.56 Å². The number of rotatable bonds is 11. The van der Waals surface area contributed by atoms with E-state index < -0.39 is 23.8 Å². The number of nitrogens with one attached hydrogen (secondary N) is 2. The molecule has 2 amide bonds. The smallest absolute Gasteiger partial charge is 0.326 e. The molecule has 0 aliphatic rings. The Morgan fingerprint density at radius 3 is 2.06 bits per heavy atom. The fraction of sp³-hybridized carbons (Fsp3) is 0.261. The quantitative estimate of drug-likeness (QED) is 0.444. The van der Waals surface area contributed by atoms with E-state index in [1.807, 2.05) is 6.26 Å². The van der Waals surface area contributed by atoms with Gasteiger partial charge in [0.2, 0.25) is 0 Å². The third-order valence-corrected chi connectivity index (χ3v) is 5.13. The molecule has 2 rings (SSSR count). The van der Waals surface area contributed by atoms with Crippen molar-refractivity contribution >= 4 is 35.6 Å². The average Bonchev–Trinajstić information content (AvgIpc) is 2.81. The van der Waals surface area contributed by atoms with Crippen molar-refractivity contribution in [2.45, 2.75) is 12.5 Å². The van der Waals surface area contributed by atoms with E-state index in [0.29, 0.717) is 28.4 Å². The summed E-state index contributed by atoms with van der Waals surface area (Å²) >= 11 is 1.48. The molecule has 0 saturated carbocycles. The van der Waals surface area contributed by atoms with E-state index in [0.717, 1.165) is 0 Å². The van der Waals surface area contributed by atoms with Crippen LogP contribution < -0.4 is 20.1 Å². The summed E-state index contributed by atoms with van der Waals surface area (Å²) in [5.41, 5.74) is 0.866. The molecule has 0 bridgehead atoms. The van der Waals surface area contributed by atoms with Crippen molar-refractivity contribution in [3.8, 4) is 11.5 Å². The summed E-state index contributed by atoms with van der Waals surface area (Å²) in [7, 11) is 3.06.